The highest BCUT2D eigenvalue weighted by atomic mass is 14.5. The van der Waals surface area contributed by atoms with E-state index in [1.165, 1.54) is 5.56 Å². The van der Waals surface area contributed by atoms with Gasteiger partial charge in [0.2, 0.25) is 0 Å². The van der Waals surface area contributed by atoms with Crippen LogP contribution in [-0.4, -0.2) is 6.54 Å². The van der Waals surface area contributed by atoms with Gasteiger partial charge in [0, 0.05) is 11.5 Å². The van der Waals surface area contributed by atoms with Crippen LogP contribution >= 0.6 is 0 Å². The molecule has 0 amide bonds. The van der Waals surface area contributed by atoms with Crippen LogP contribution < -0.4 is 5.73 Å². The zero-order valence-electron chi connectivity index (χ0n) is 11.9. The molecule has 1 atom stereocenters. The van der Waals surface area contributed by atoms with Crippen LogP contribution in [0.1, 0.15) is 44.7 Å². The molecule has 0 spiro atoms. The van der Waals surface area contributed by atoms with Gasteiger partial charge in [0.05, 0.1) is 0 Å². The van der Waals surface area contributed by atoms with Gasteiger partial charge in [0.1, 0.15) is 0 Å². The smallest absolute Gasteiger partial charge is 0.0248 e. The monoisotopic (exact) mass is 243 g/mol. The summed E-state index contributed by atoms with van der Waals surface area (Å²) in [6.07, 6.45) is 3.30. The Bertz CT molecular complexity index is 407. The summed E-state index contributed by atoms with van der Waals surface area (Å²) in [7, 11) is 0. The summed E-state index contributed by atoms with van der Waals surface area (Å²) >= 11 is 0. The maximum absolute atomic E-state index is 5.66. The average Bonchev–Trinajstić information content (AvgIpc) is 2.40. The Hall–Kier alpha value is -1.26. The zero-order valence-corrected chi connectivity index (χ0v) is 11.9. The molecule has 0 aliphatic heterocycles. The predicted octanol–water partition coefficient (Wildman–Crippen LogP) is 3.61. The molecule has 0 aliphatic rings. The zero-order chi connectivity index (χ0) is 13.4. The second-order valence-electron chi connectivity index (χ2n) is 5.03. The van der Waals surface area contributed by atoms with Crippen molar-refractivity contribution >= 4 is 0 Å². The molecule has 0 radical (unpaired) electrons. The van der Waals surface area contributed by atoms with Crippen molar-refractivity contribution in [2.45, 2.75) is 40.0 Å². The number of benzene rings is 1. The van der Waals surface area contributed by atoms with Gasteiger partial charge in [-0.15, -0.1) is 0 Å². The van der Waals surface area contributed by atoms with E-state index >= 15 is 0 Å². The van der Waals surface area contributed by atoms with Crippen molar-refractivity contribution in [1.82, 2.24) is 0 Å². The van der Waals surface area contributed by atoms with Crippen LogP contribution in [0.25, 0.3) is 0 Å². The van der Waals surface area contributed by atoms with Crippen molar-refractivity contribution < 1.29 is 0 Å². The first-order chi connectivity index (χ1) is 8.69. The molecule has 0 saturated heterocycles. The fourth-order valence-electron chi connectivity index (χ4n) is 1.94. The topological polar surface area (TPSA) is 26.0 Å². The van der Waals surface area contributed by atoms with Gasteiger partial charge in [0.15, 0.2) is 0 Å². The van der Waals surface area contributed by atoms with Gasteiger partial charge in [-0.1, -0.05) is 44.7 Å². The van der Waals surface area contributed by atoms with E-state index < -0.39 is 0 Å². The Morgan fingerprint density at radius 3 is 2.56 bits per heavy atom. The normalized spacial score (nSPS) is 12.1. The highest BCUT2D eigenvalue weighted by molar-refractivity contribution is 5.37. The minimum absolute atomic E-state index is 0.525. The summed E-state index contributed by atoms with van der Waals surface area (Å²) in [5.41, 5.74) is 8.13. The molecule has 1 heteroatoms. The number of hydrogen-bond donors (Lipinski definition) is 1. The van der Waals surface area contributed by atoms with Crippen molar-refractivity contribution in [3.8, 4) is 11.8 Å². The molecule has 0 bridgehead atoms. The van der Waals surface area contributed by atoms with E-state index in [0.29, 0.717) is 11.8 Å². The highest BCUT2D eigenvalue weighted by Gasteiger charge is 2.01. The third-order valence-electron chi connectivity index (χ3n) is 3.32. The van der Waals surface area contributed by atoms with Crippen LogP contribution in [0, 0.1) is 23.7 Å². The van der Waals surface area contributed by atoms with Crippen molar-refractivity contribution in [2.24, 2.45) is 17.6 Å². The van der Waals surface area contributed by atoms with Gasteiger partial charge >= 0.3 is 0 Å². The Balaban J connectivity index is 2.75. The van der Waals surface area contributed by atoms with Crippen LogP contribution in [0.5, 0.6) is 0 Å². The summed E-state index contributed by atoms with van der Waals surface area (Å²) in [5, 5.41) is 0. The molecule has 18 heavy (non-hydrogen) atoms. The summed E-state index contributed by atoms with van der Waals surface area (Å²) in [5.74, 6) is 7.71. The third kappa shape index (κ3) is 4.94. The minimum atomic E-state index is 0.525. The van der Waals surface area contributed by atoms with Crippen LogP contribution in [0.3, 0.4) is 0 Å². The van der Waals surface area contributed by atoms with E-state index in [1.54, 1.807) is 0 Å². The highest BCUT2D eigenvalue weighted by Crippen LogP contribution is 2.11. The SMILES string of the molecule is CCC(C#Cc1cccc(CC(C)CN)c1)CC. The first kappa shape index (κ1) is 14.8. The predicted molar refractivity (Wildman–Crippen MR) is 79.3 cm³/mol. The average molecular weight is 243 g/mol. The summed E-state index contributed by atoms with van der Waals surface area (Å²) in [6.45, 7) is 7.32. The Morgan fingerprint density at radius 2 is 1.94 bits per heavy atom. The number of rotatable bonds is 5. The number of nitrogens with two attached hydrogens (primary N) is 1. The van der Waals surface area contributed by atoms with Crippen LogP contribution in [0.2, 0.25) is 0 Å². The molecular weight excluding hydrogens is 218 g/mol. The lowest BCUT2D eigenvalue weighted by Gasteiger charge is -2.08. The molecule has 0 saturated carbocycles. The lowest BCUT2D eigenvalue weighted by Crippen LogP contribution is -2.13. The summed E-state index contributed by atoms with van der Waals surface area (Å²) < 4.78 is 0. The lowest BCUT2D eigenvalue weighted by atomic mass is 9.99. The van der Waals surface area contributed by atoms with Gasteiger partial charge in [-0.2, -0.15) is 0 Å². The molecule has 0 aliphatic carbocycles. The standard InChI is InChI=1S/C17H25N/c1-4-15(5-2)9-10-16-7-6-8-17(12-16)11-14(3)13-18/h6-8,12,14-15H,4-5,11,13,18H2,1-3H3. The fraction of sp³-hybridized carbons (Fsp3) is 0.529. The van der Waals surface area contributed by atoms with E-state index in [1.807, 2.05) is 0 Å². The first-order valence-corrected chi connectivity index (χ1v) is 7.00. The second kappa shape index (κ2) is 7.95. The van der Waals surface area contributed by atoms with Gasteiger partial charge in [-0.05, 0) is 49.4 Å². The number of hydrogen-bond acceptors (Lipinski definition) is 1. The largest absolute Gasteiger partial charge is 0.330 e. The molecule has 1 aromatic carbocycles. The van der Waals surface area contributed by atoms with E-state index in [9.17, 15) is 0 Å². The first-order valence-electron chi connectivity index (χ1n) is 7.00. The second-order valence-corrected chi connectivity index (χ2v) is 5.03. The summed E-state index contributed by atoms with van der Waals surface area (Å²) in [4.78, 5) is 0. The van der Waals surface area contributed by atoms with E-state index in [0.717, 1.165) is 31.4 Å². The Morgan fingerprint density at radius 1 is 1.22 bits per heavy atom. The maximum atomic E-state index is 5.66. The third-order valence-corrected chi connectivity index (χ3v) is 3.32. The Kier molecular flexibility index (Phi) is 6.54. The quantitative estimate of drug-likeness (QED) is 0.785. The van der Waals surface area contributed by atoms with Crippen LogP contribution in [0.4, 0.5) is 0 Å². The minimum Gasteiger partial charge on any atom is -0.330 e. The van der Waals surface area contributed by atoms with Crippen molar-refractivity contribution in [3.63, 3.8) is 0 Å². The molecule has 1 rings (SSSR count). The van der Waals surface area contributed by atoms with Crippen LogP contribution in [-0.2, 0) is 6.42 Å². The molecule has 1 unspecified atom stereocenters. The Labute approximate surface area is 112 Å². The molecule has 1 nitrogen and oxygen atoms in total. The van der Waals surface area contributed by atoms with Gasteiger partial charge in [-0.3, -0.25) is 0 Å². The molecule has 1 aromatic rings. The van der Waals surface area contributed by atoms with Gasteiger partial charge in [-0.25, -0.2) is 0 Å². The van der Waals surface area contributed by atoms with Gasteiger partial charge < -0.3 is 5.73 Å². The lowest BCUT2D eigenvalue weighted by molar-refractivity contribution is 0.593. The fourth-order valence-corrected chi connectivity index (χ4v) is 1.94. The van der Waals surface area contributed by atoms with Gasteiger partial charge in [0.25, 0.3) is 0 Å². The maximum Gasteiger partial charge on any atom is 0.0248 e. The molecule has 0 aromatic heterocycles. The van der Waals surface area contributed by atoms with Crippen LogP contribution in [0.15, 0.2) is 24.3 Å². The van der Waals surface area contributed by atoms with E-state index in [4.69, 9.17) is 5.73 Å². The van der Waals surface area contributed by atoms with Crippen molar-refractivity contribution in [1.29, 1.82) is 0 Å². The molecule has 0 fully saturated rings. The van der Waals surface area contributed by atoms with Crippen molar-refractivity contribution in [2.75, 3.05) is 6.54 Å². The van der Waals surface area contributed by atoms with E-state index in [2.05, 4.69) is 56.9 Å². The molecule has 2 N–H and O–H groups in total. The van der Waals surface area contributed by atoms with Crippen molar-refractivity contribution in [3.05, 3.63) is 35.4 Å². The molecule has 98 valence electrons. The molecule has 0 heterocycles. The summed E-state index contributed by atoms with van der Waals surface area (Å²) in [6, 6.07) is 8.54. The molecular formula is C17H25N. The van der Waals surface area contributed by atoms with E-state index in [-0.39, 0.29) is 0 Å².